The number of amidine groups is 1. The summed E-state index contributed by atoms with van der Waals surface area (Å²) in [4.78, 5) is 30.4. The second kappa shape index (κ2) is 10.8. The van der Waals surface area contributed by atoms with Gasteiger partial charge >= 0.3 is 5.97 Å². The van der Waals surface area contributed by atoms with E-state index >= 15 is 0 Å². The van der Waals surface area contributed by atoms with Gasteiger partial charge in [-0.25, -0.2) is 4.99 Å². The fraction of sp³-hybridized carbons (Fsp3) is 0.346. The van der Waals surface area contributed by atoms with Gasteiger partial charge < -0.3 is 15.7 Å². The van der Waals surface area contributed by atoms with Crippen molar-refractivity contribution >= 4 is 29.5 Å². The van der Waals surface area contributed by atoms with Crippen molar-refractivity contribution in [3.63, 3.8) is 0 Å². The summed E-state index contributed by atoms with van der Waals surface area (Å²) in [6.45, 7) is 5.61. The minimum atomic E-state index is -0.798. The molecule has 2 aromatic carbocycles. The number of carbonyl (C=O) groups is 2. The van der Waals surface area contributed by atoms with E-state index in [2.05, 4.69) is 18.8 Å². The van der Waals surface area contributed by atoms with Crippen LogP contribution in [0.1, 0.15) is 50.7 Å². The summed E-state index contributed by atoms with van der Waals surface area (Å²) in [6.07, 6.45) is 4.71. The molecule has 3 rings (SSSR count). The van der Waals surface area contributed by atoms with Crippen LogP contribution in [-0.2, 0) is 16.0 Å². The minimum absolute atomic E-state index is 0.0285. The monoisotopic (exact) mass is 433 g/mol. The Balaban J connectivity index is 1.87. The van der Waals surface area contributed by atoms with Crippen LogP contribution in [0.15, 0.2) is 53.0 Å². The Morgan fingerprint density at radius 2 is 1.69 bits per heavy atom. The molecule has 1 aliphatic rings. The van der Waals surface area contributed by atoms with Gasteiger partial charge in [-0.05, 0) is 48.1 Å². The Hall–Kier alpha value is -3.41. The highest BCUT2D eigenvalue weighted by Gasteiger charge is 2.21. The summed E-state index contributed by atoms with van der Waals surface area (Å²) in [7, 11) is 0. The number of aliphatic carboxylic acids is 1. The van der Waals surface area contributed by atoms with Crippen molar-refractivity contribution in [2.24, 2.45) is 10.7 Å². The number of aryl methyl sites for hydroxylation is 1. The van der Waals surface area contributed by atoms with E-state index in [9.17, 15) is 9.59 Å². The van der Waals surface area contributed by atoms with Crippen LogP contribution in [0.25, 0.3) is 17.2 Å². The van der Waals surface area contributed by atoms with Crippen LogP contribution in [0, 0.1) is 0 Å². The average Bonchev–Trinajstić information content (AvgIpc) is 2.94. The van der Waals surface area contributed by atoms with E-state index in [1.807, 2.05) is 53.4 Å². The number of rotatable bonds is 9. The quantitative estimate of drug-likeness (QED) is 0.594. The van der Waals surface area contributed by atoms with Crippen molar-refractivity contribution in [3.05, 3.63) is 59.2 Å². The smallest absolute Gasteiger partial charge is 0.303 e. The van der Waals surface area contributed by atoms with Crippen molar-refractivity contribution in [3.8, 4) is 11.1 Å². The molecule has 0 fully saturated rings. The van der Waals surface area contributed by atoms with E-state index in [-0.39, 0.29) is 12.3 Å². The maximum atomic E-state index is 13.1. The van der Waals surface area contributed by atoms with E-state index in [1.165, 1.54) is 0 Å². The third-order valence-electron chi connectivity index (χ3n) is 5.46. The third-order valence-corrected chi connectivity index (χ3v) is 5.46. The summed E-state index contributed by atoms with van der Waals surface area (Å²) in [5.41, 5.74) is 11.5. The first-order chi connectivity index (χ1) is 15.4. The molecule has 168 valence electrons. The molecule has 2 aromatic rings. The Kier molecular flexibility index (Phi) is 7.82. The summed E-state index contributed by atoms with van der Waals surface area (Å²) in [6, 6.07) is 13.8. The zero-order valence-electron chi connectivity index (χ0n) is 18.8. The molecule has 1 amide bonds. The lowest BCUT2D eigenvalue weighted by molar-refractivity contribution is -0.137. The molecule has 0 saturated heterocycles. The van der Waals surface area contributed by atoms with Crippen LogP contribution in [0.3, 0.4) is 0 Å². The average molecular weight is 434 g/mol. The van der Waals surface area contributed by atoms with Gasteiger partial charge in [-0.2, -0.15) is 0 Å². The molecule has 6 nitrogen and oxygen atoms in total. The van der Waals surface area contributed by atoms with Gasteiger partial charge in [0.15, 0.2) is 0 Å². The number of carboxylic acid groups (broad SMARTS) is 1. The van der Waals surface area contributed by atoms with Crippen LogP contribution in [0.4, 0.5) is 5.69 Å². The Morgan fingerprint density at radius 1 is 1.03 bits per heavy atom. The maximum absolute atomic E-state index is 13.1. The molecule has 0 bridgehead atoms. The largest absolute Gasteiger partial charge is 0.481 e. The van der Waals surface area contributed by atoms with E-state index in [0.717, 1.165) is 53.9 Å². The molecule has 0 saturated carbocycles. The number of fused-ring (bicyclic) bond motifs is 1. The first-order valence-electron chi connectivity index (χ1n) is 11.2. The first-order valence-corrected chi connectivity index (χ1v) is 11.2. The maximum Gasteiger partial charge on any atom is 0.303 e. The molecule has 0 spiro atoms. The van der Waals surface area contributed by atoms with Gasteiger partial charge in [0.2, 0.25) is 5.91 Å². The van der Waals surface area contributed by atoms with Gasteiger partial charge in [0, 0.05) is 37.1 Å². The van der Waals surface area contributed by atoms with E-state index < -0.39 is 5.97 Å². The number of carbonyl (C=O) groups excluding carboxylic acids is 1. The molecule has 0 radical (unpaired) electrons. The fourth-order valence-corrected chi connectivity index (χ4v) is 3.88. The molecule has 1 heterocycles. The molecule has 1 aliphatic heterocycles. The van der Waals surface area contributed by atoms with Crippen molar-refractivity contribution in [2.75, 3.05) is 13.1 Å². The second-order valence-corrected chi connectivity index (χ2v) is 8.11. The number of hydrogen-bond acceptors (Lipinski definition) is 4. The topological polar surface area (TPSA) is 96.0 Å². The number of hydrogen-bond donors (Lipinski definition) is 2. The highest BCUT2D eigenvalue weighted by atomic mass is 16.4. The number of nitrogens with two attached hydrogens (primary N) is 1. The normalized spacial score (nSPS) is 12.9. The minimum Gasteiger partial charge on any atom is -0.481 e. The van der Waals surface area contributed by atoms with Crippen LogP contribution < -0.4 is 5.73 Å². The first kappa shape index (κ1) is 23.3. The summed E-state index contributed by atoms with van der Waals surface area (Å²) in [5, 5.41) is 8.85. The zero-order chi connectivity index (χ0) is 23.1. The fourth-order valence-electron chi connectivity index (χ4n) is 3.88. The SMILES string of the molecule is CCCN(CCC)C(=O)C1=Cc2ccc(-c3ccc(CCC(=O)O)cc3)cc2N=C(N)C1. The zero-order valence-corrected chi connectivity index (χ0v) is 18.8. The standard InChI is InChI=1S/C26H31N3O3/c1-3-13-29(14-4-2)26(32)22-15-21-11-10-20(16-23(21)28-24(27)17-22)19-8-5-18(6-9-19)7-12-25(30)31/h5-6,8-11,15-16H,3-4,7,12-14,17H2,1-2H3,(H2,27,28)(H,30,31). The van der Waals surface area contributed by atoms with Gasteiger partial charge in [-0.1, -0.05) is 50.2 Å². The van der Waals surface area contributed by atoms with Gasteiger partial charge in [0.1, 0.15) is 5.84 Å². The molecular formula is C26H31N3O3. The molecular weight excluding hydrogens is 402 g/mol. The Morgan fingerprint density at radius 3 is 2.31 bits per heavy atom. The van der Waals surface area contributed by atoms with E-state index in [1.54, 1.807) is 0 Å². The van der Waals surface area contributed by atoms with Crippen molar-refractivity contribution in [1.29, 1.82) is 0 Å². The molecule has 0 aromatic heterocycles. The lowest BCUT2D eigenvalue weighted by Gasteiger charge is -2.22. The Bertz CT molecular complexity index is 1030. The number of carboxylic acids is 1. The van der Waals surface area contributed by atoms with Crippen LogP contribution in [0.5, 0.6) is 0 Å². The number of benzene rings is 2. The van der Waals surface area contributed by atoms with Crippen LogP contribution in [-0.4, -0.2) is 40.8 Å². The van der Waals surface area contributed by atoms with E-state index in [0.29, 0.717) is 24.3 Å². The summed E-state index contributed by atoms with van der Waals surface area (Å²) < 4.78 is 0. The molecule has 0 aliphatic carbocycles. The predicted octanol–water partition coefficient (Wildman–Crippen LogP) is 4.80. The van der Waals surface area contributed by atoms with Crippen LogP contribution in [0.2, 0.25) is 0 Å². The molecule has 0 atom stereocenters. The lowest BCUT2D eigenvalue weighted by Crippen LogP contribution is -2.34. The van der Waals surface area contributed by atoms with Crippen molar-refractivity contribution in [2.45, 2.75) is 46.0 Å². The second-order valence-electron chi connectivity index (χ2n) is 8.11. The number of amides is 1. The summed E-state index contributed by atoms with van der Waals surface area (Å²) >= 11 is 0. The van der Waals surface area contributed by atoms with Crippen LogP contribution >= 0.6 is 0 Å². The number of nitrogens with zero attached hydrogens (tertiary/aromatic N) is 2. The van der Waals surface area contributed by atoms with E-state index in [4.69, 9.17) is 10.8 Å². The Labute approximate surface area is 189 Å². The molecule has 3 N–H and O–H groups in total. The summed E-state index contributed by atoms with van der Waals surface area (Å²) in [5.74, 6) is -0.341. The highest BCUT2D eigenvalue weighted by Crippen LogP contribution is 2.32. The van der Waals surface area contributed by atoms with Gasteiger partial charge in [0.25, 0.3) is 0 Å². The highest BCUT2D eigenvalue weighted by molar-refractivity contribution is 6.05. The van der Waals surface area contributed by atoms with Crippen molar-refractivity contribution < 1.29 is 14.7 Å². The van der Waals surface area contributed by atoms with Gasteiger partial charge in [0.05, 0.1) is 5.69 Å². The molecule has 32 heavy (non-hydrogen) atoms. The molecule has 0 unspecified atom stereocenters. The molecule has 6 heteroatoms. The number of aliphatic imine (C=N–C) groups is 1. The van der Waals surface area contributed by atoms with Gasteiger partial charge in [-0.3, -0.25) is 9.59 Å². The predicted molar refractivity (Wildman–Crippen MR) is 129 cm³/mol. The third kappa shape index (κ3) is 5.84. The lowest BCUT2D eigenvalue weighted by atomic mass is 9.99. The van der Waals surface area contributed by atoms with Crippen molar-refractivity contribution in [1.82, 2.24) is 4.90 Å². The van der Waals surface area contributed by atoms with Gasteiger partial charge in [-0.15, -0.1) is 0 Å².